The van der Waals surface area contributed by atoms with E-state index >= 15 is 0 Å². The van der Waals surface area contributed by atoms with Gasteiger partial charge >= 0.3 is 5.97 Å². The van der Waals surface area contributed by atoms with Gasteiger partial charge in [0.15, 0.2) is 0 Å². The second-order valence-electron chi connectivity index (χ2n) is 7.83. The van der Waals surface area contributed by atoms with E-state index in [2.05, 4.69) is 4.90 Å². The maximum Gasteiger partial charge on any atom is 0.307 e. The van der Waals surface area contributed by atoms with Gasteiger partial charge in [0.1, 0.15) is 0 Å². The lowest BCUT2D eigenvalue weighted by atomic mass is 10.0. The highest BCUT2D eigenvalue weighted by Gasteiger charge is 2.36. The molecule has 0 spiro atoms. The lowest BCUT2D eigenvalue weighted by Gasteiger charge is -2.48. The molecule has 0 aliphatic carbocycles. The lowest BCUT2D eigenvalue weighted by Crippen LogP contribution is -2.64. The summed E-state index contributed by atoms with van der Waals surface area (Å²) in [5, 5.41) is 8.84. The molecule has 2 aromatic carbocycles. The Morgan fingerprint density at radius 1 is 0.767 bits per heavy atom. The van der Waals surface area contributed by atoms with E-state index in [-0.39, 0.29) is 18.2 Å². The molecule has 2 aliphatic heterocycles. The summed E-state index contributed by atoms with van der Waals surface area (Å²) in [7, 11) is 0. The molecule has 0 aromatic heterocycles. The summed E-state index contributed by atoms with van der Waals surface area (Å²) in [4.78, 5) is 42.0. The first kappa shape index (κ1) is 20.1. The van der Waals surface area contributed by atoms with Crippen LogP contribution in [0.2, 0.25) is 0 Å². The van der Waals surface area contributed by atoms with Crippen LogP contribution in [0, 0.1) is 0 Å². The van der Waals surface area contributed by atoms with Crippen LogP contribution >= 0.6 is 0 Å². The first-order chi connectivity index (χ1) is 14.5. The SMILES string of the molecule is O=C(O)Cc1ccc(C(=O)N2CC(N3CCN(C(=O)c4ccccc4)CC3)C2)cc1. The summed E-state index contributed by atoms with van der Waals surface area (Å²) in [6, 6.07) is 16.5. The number of carboxylic acid groups (broad SMARTS) is 1. The highest BCUT2D eigenvalue weighted by Crippen LogP contribution is 2.20. The van der Waals surface area contributed by atoms with Crippen LogP contribution in [0.15, 0.2) is 54.6 Å². The van der Waals surface area contributed by atoms with Gasteiger partial charge in [0.2, 0.25) is 0 Å². The molecule has 0 radical (unpaired) electrons. The Morgan fingerprint density at radius 3 is 1.93 bits per heavy atom. The number of carbonyl (C=O) groups is 3. The van der Waals surface area contributed by atoms with Crippen LogP contribution in [0.25, 0.3) is 0 Å². The molecule has 0 saturated carbocycles. The van der Waals surface area contributed by atoms with Crippen molar-refractivity contribution in [2.75, 3.05) is 39.3 Å². The number of piperazine rings is 1. The number of nitrogens with zero attached hydrogens (tertiary/aromatic N) is 3. The van der Waals surface area contributed by atoms with Crippen LogP contribution in [-0.4, -0.2) is 82.9 Å². The quantitative estimate of drug-likeness (QED) is 0.814. The fourth-order valence-corrected chi connectivity index (χ4v) is 4.03. The van der Waals surface area contributed by atoms with E-state index in [1.807, 2.05) is 40.1 Å². The Labute approximate surface area is 175 Å². The molecule has 1 N–H and O–H groups in total. The first-order valence-corrected chi connectivity index (χ1v) is 10.2. The van der Waals surface area contributed by atoms with Crippen molar-refractivity contribution in [1.29, 1.82) is 0 Å². The van der Waals surface area contributed by atoms with E-state index in [4.69, 9.17) is 5.11 Å². The number of benzene rings is 2. The molecular formula is C23H25N3O4. The van der Waals surface area contributed by atoms with Crippen LogP contribution < -0.4 is 0 Å². The zero-order valence-corrected chi connectivity index (χ0v) is 16.7. The zero-order valence-electron chi connectivity index (χ0n) is 16.7. The molecule has 2 fully saturated rings. The van der Waals surface area contributed by atoms with Crippen LogP contribution in [0.1, 0.15) is 26.3 Å². The van der Waals surface area contributed by atoms with Gasteiger partial charge in [-0.05, 0) is 29.8 Å². The number of amides is 2. The molecule has 2 heterocycles. The Kier molecular flexibility index (Phi) is 5.81. The van der Waals surface area contributed by atoms with Gasteiger partial charge in [-0.2, -0.15) is 0 Å². The van der Waals surface area contributed by atoms with Gasteiger partial charge in [-0.1, -0.05) is 30.3 Å². The van der Waals surface area contributed by atoms with Crippen molar-refractivity contribution in [2.45, 2.75) is 12.5 Å². The number of likely N-dealkylation sites (tertiary alicyclic amines) is 1. The number of carbonyl (C=O) groups excluding carboxylic acids is 2. The van der Waals surface area contributed by atoms with Gasteiger partial charge in [-0.15, -0.1) is 0 Å². The van der Waals surface area contributed by atoms with Gasteiger partial charge in [0.05, 0.1) is 6.42 Å². The topological polar surface area (TPSA) is 81.2 Å². The average Bonchev–Trinajstić information content (AvgIpc) is 2.73. The summed E-state index contributed by atoms with van der Waals surface area (Å²) < 4.78 is 0. The summed E-state index contributed by atoms with van der Waals surface area (Å²) in [5.41, 5.74) is 1.99. The van der Waals surface area contributed by atoms with Crippen molar-refractivity contribution in [1.82, 2.24) is 14.7 Å². The molecule has 2 aliphatic rings. The van der Waals surface area contributed by atoms with Crippen molar-refractivity contribution < 1.29 is 19.5 Å². The third-order valence-corrected chi connectivity index (χ3v) is 5.84. The maximum absolute atomic E-state index is 12.6. The lowest BCUT2D eigenvalue weighted by molar-refractivity contribution is -0.136. The molecule has 4 rings (SSSR count). The van der Waals surface area contributed by atoms with Gasteiger partial charge in [-0.25, -0.2) is 0 Å². The Morgan fingerprint density at radius 2 is 1.33 bits per heavy atom. The van der Waals surface area contributed by atoms with E-state index in [9.17, 15) is 14.4 Å². The van der Waals surface area contributed by atoms with Crippen LogP contribution in [0.3, 0.4) is 0 Å². The molecule has 2 amide bonds. The summed E-state index contributed by atoms with van der Waals surface area (Å²) in [5.74, 6) is -0.830. The van der Waals surface area contributed by atoms with Crippen LogP contribution in [0.4, 0.5) is 0 Å². The minimum atomic E-state index is -0.884. The van der Waals surface area contributed by atoms with Gasteiger partial charge in [-0.3, -0.25) is 19.3 Å². The molecule has 0 atom stereocenters. The molecule has 2 aromatic rings. The molecule has 0 unspecified atom stereocenters. The second kappa shape index (κ2) is 8.67. The molecule has 30 heavy (non-hydrogen) atoms. The molecule has 7 nitrogen and oxygen atoms in total. The van der Waals surface area contributed by atoms with Gasteiger partial charge in [0, 0.05) is 56.4 Å². The number of hydrogen-bond acceptors (Lipinski definition) is 4. The van der Waals surface area contributed by atoms with Gasteiger partial charge in [0.25, 0.3) is 11.8 Å². The van der Waals surface area contributed by atoms with Crippen LogP contribution in [0.5, 0.6) is 0 Å². The van der Waals surface area contributed by atoms with E-state index < -0.39 is 5.97 Å². The molecule has 2 saturated heterocycles. The first-order valence-electron chi connectivity index (χ1n) is 10.2. The fraction of sp³-hybridized carbons (Fsp3) is 0.348. The zero-order chi connectivity index (χ0) is 21.1. The maximum atomic E-state index is 12.6. The minimum absolute atomic E-state index is 0.0222. The predicted molar refractivity (Wildman–Crippen MR) is 111 cm³/mol. The fourth-order valence-electron chi connectivity index (χ4n) is 4.03. The van der Waals surface area contributed by atoms with Crippen molar-refractivity contribution >= 4 is 17.8 Å². The van der Waals surface area contributed by atoms with Gasteiger partial charge < -0.3 is 14.9 Å². The normalized spacial score (nSPS) is 17.5. The highest BCUT2D eigenvalue weighted by atomic mass is 16.4. The number of hydrogen-bond donors (Lipinski definition) is 1. The monoisotopic (exact) mass is 407 g/mol. The number of carboxylic acids is 1. The highest BCUT2D eigenvalue weighted by molar-refractivity contribution is 5.95. The van der Waals surface area contributed by atoms with E-state index in [0.717, 1.165) is 18.7 Å². The van der Waals surface area contributed by atoms with Crippen LogP contribution in [-0.2, 0) is 11.2 Å². The van der Waals surface area contributed by atoms with Crippen molar-refractivity contribution in [3.05, 3.63) is 71.3 Å². The van der Waals surface area contributed by atoms with Crippen molar-refractivity contribution in [3.8, 4) is 0 Å². The average molecular weight is 407 g/mol. The largest absolute Gasteiger partial charge is 0.481 e. The Hall–Kier alpha value is -3.19. The van der Waals surface area contributed by atoms with E-state index in [1.54, 1.807) is 24.3 Å². The van der Waals surface area contributed by atoms with Crippen molar-refractivity contribution in [3.63, 3.8) is 0 Å². The molecule has 7 heteroatoms. The van der Waals surface area contributed by atoms with Crippen molar-refractivity contribution in [2.24, 2.45) is 0 Å². The summed E-state index contributed by atoms with van der Waals surface area (Å²) in [6.07, 6.45) is -0.0426. The third-order valence-electron chi connectivity index (χ3n) is 5.84. The minimum Gasteiger partial charge on any atom is -0.481 e. The Bertz CT molecular complexity index is 915. The van der Waals surface area contributed by atoms with E-state index in [0.29, 0.717) is 43.3 Å². The molecule has 156 valence electrons. The Balaban J connectivity index is 1.24. The smallest absolute Gasteiger partial charge is 0.307 e. The predicted octanol–water partition coefficient (Wildman–Crippen LogP) is 1.60. The molecular weight excluding hydrogens is 382 g/mol. The third kappa shape index (κ3) is 4.36. The molecule has 0 bridgehead atoms. The standard InChI is InChI=1S/C23H25N3O4/c27-21(28)14-17-6-8-19(9-7-17)23(30)26-15-20(16-26)24-10-12-25(13-11-24)22(29)18-4-2-1-3-5-18/h1-9,20H,10-16H2,(H,27,28). The number of rotatable bonds is 5. The summed E-state index contributed by atoms with van der Waals surface area (Å²) >= 11 is 0. The second-order valence-corrected chi connectivity index (χ2v) is 7.83. The summed E-state index contributed by atoms with van der Waals surface area (Å²) in [6.45, 7) is 4.39. The number of aliphatic carboxylic acids is 1. The van der Waals surface area contributed by atoms with E-state index in [1.165, 1.54) is 0 Å².